The predicted octanol–water partition coefficient (Wildman–Crippen LogP) is 3.21. The second-order valence-electron chi connectivity index (χ2n) is 4.26. The van der Waals surface area contributed by atoms with Crippen LogP contribution in [0.2, 0.25) is 0 Å². The summed E-state index contributed by atoms with van der Waals surface area (Å²) >= 11 is 3.35. The summed E-state index contributed by atoms with van der Waals surface area (Å²) in [5.41, 5.74) is 0.841. The van der Waals surface area contributed by atoms with E-state index in [1.54, 1.807) is 24.3 Å². The summed E-state index contributed by atoms with van der Waals surface area (Å²) in [4.78, 5) is 23.1. The van der Waals surface area contributed by atoms with Gasteiger partial charge in [-0.05, 0) is 29.8 Å². The zero-order valence-electron chi connectivity index (χ0n) is 10.7. The van der Waals surface area contributed by atoms with Crippen molar-refractivity contribution in [2.24, 2.45) is 0 Å². The van der Waals surface area contributed by atoms with Crippen LogP contribution in [0.4, 0.5) is 0 Å². The van der Waals surface area contributed by atoms with Gasteiger partial charge < -0.3 is 4.74 Å². The molecule has 0 spiro atoms. The molecule has 0 aromatic heterocycles. The van der Waals surface area contributed by atoms with Gasteiger partial charge >= 0.3 is 0 Å². The van der Waals surface area contributed by atoms with Gasteiger partial charge in [0.25, 0.3) is 0 Å². The maximum Gasteiger partial charge on any atom is 0.212 e. The number of ether oxygens (including phenoxy) is 1. The number of halogens is 1. The van der Waals surface area contributed by atoms with Crippen LogP contribution >= 0.6 is 15.9 Å². The molecule has 1 unspecified atom stereocenters. The Kier molecular flexibility index (Phi) is 5.07. The highest BCUT2D eigenvalue weighted by Crippen LogP contribution is 2.15. The molecule has 0 amide bonds. The van der Waals surface area contributed by atoms with Crippen molar-refractivity contribution in [1.29, 1.82) is 0 Å². The Morgan fingerprint density at radius 3 is 2.55 bits per heavy atom. The average molecular weight is 333 g/mol. The Labute approximate surface area is 125 Å². The lowest BCUT2D eigenvalue weighted by Gasteiger charge is -2.12. The molecule has 0 saturated carbocycles. The third kappa shape index (κ3) is 4.03. The molecular formula is C16H13BrO3. The number of Topliss-reactive ketones (excluding diaryl/α,β-unsaturated/α-hetero) is 1. The molecule has 102 valence electrons. The Balaban J connectivity index is 2.04. The van der Waals surface area contributed by atoms with Gasteiger partial charge in [-0.3, -0.25) is 9.59 Å². The number of para-hydroxylation sites is 1. The van der Waals surface area contributed by atoms with Crippen molar-refractivity contribution in [2.45, 2.75) is 12.5 Å². The van der Waals surface area contributed by atoms with E-state index in [0.717, 1.165) is 10.0 Å². The van der Waals surface area contributed by atoms with E-state index in [1.165, 1.54) is 0 Å². The second kappa shape index (κ2) is 7.01. The van der Waals surface area contributed by atoms with Crippen molar-refractivity contribution in [3.63, 3.8) is 0 Å². The molecular weight excluding hydrogens is 320 g/mol. The van der Waals surface area contributed by atoms with Gasteiger partial charge in [-0.2, -0.15) is 0 Å². The number of hydrogen-bond acceptors (Lipinski definition) is 3. The van der Waals surface area contributed by atoms with Gasteiger partial charge in [0, 0.05) is 10.9 Å². The van der Waals surface area contributed by atoms with E-state index in [0.29, 0.717) is 12.0 Å². The van der Waals surface area contributed by atoms with Crippen LogP contribution in [0, 0.1) is 0 Å². The molecule has 1 atom stereocenters. The number of benzene rings is 2. The molecule has 0 saturated heterocycles. The van der Waals surface area contributed by atoms with Crippen LogP contribution in [0.15, 0.2) is 59.1 Å². The summed E-state index contributed by atoms with van der Waals surface area (Å²) in [6, 6.07) is 16.3. The lowest BCUT2D eigenvalue weighted by molar-refractivity contribution is -0.130. The minimum absolute atomic E-state index is 0.162. The lowest BCUT2D eigenvalue weighted by Crippen LogP contribution is -2.30. The normalized spacial score (nSPS) is 11.7. The first kappa shape index (κ1) is 14.5. The third-order valence-electron chi connectivity index (χ3n) is 2.71. The third-order valence-corrected chi connectivity index (χ3v) is 3.21. The first-order valence-corrected chi connectivity index (χ1v) is 6.92. The number of rotatable bonds is 6. The van der Waals surface area contributed by atoms with Gasteiger partial charge in [0.05, 0.1) is 0 Å². The van der Waals surface area contributed by atoms with Crippen LogP contribution in [0.1, 0.15) is 5.56 Å². The van der Waals surface area contributed by atoms with Crippen LogP contribution in [-0.2, 0) is 16.0 Å². The number of carbonyl (C=O) groups excluding carboxylic acids is 2. The molecule has 3 nitrogen and oxygen atoms in total. The molecule has 0 aliphatic rings. The summed E-state index contributed by atoms with van der Waals surface area (Å²) in [5, 5.41) is 0. The van der Waals surface area contributed by atoms with Gasteiger partial charge in [-0.25, -0.2) is 0 Å². The number of ketones is 1. The van der Waals surface area contributed by atoms with Crippen molar-refractivity contribution in [3.8, 4) is 5.75 Å². The molecule has 4 heteroatoms. The van der Waals surface area contributed by atoms with Gasteiger partial charge in [0.1, 0.15) is 5.75 Å². The van der Waals surface area contributed by atoms with Gasteiger partial charge in [-0.15, -0.1) is 0 Å². The van der Waals surface area contributed by atoms with Crippen molar-refractivity contribution >= 4 is 28.0 Å². The van der Waals surface area contributed by atoms with Gasteiger partial charge in [0.15, 0.2) is 12.1 Å². The Morgan fingerprint density at radius 1 is 1.15 bits per heavy atom. The first-order valence-electron chi connectivity index (χ1n) is 6.13. The monoisotopic (exact) mass is 332 g/mol. The molecule has 20 heavy (non-hydrogen) atoms. The van der Waals surface area contributed by atoms with Gasteiger partial charge in [0.2, 0.25) is 6.10 Å². The van der Waals surface area contributed by atoms with E-state index < -0.39 is 6.10 Å². The maximum atomic E-state index is 12.1. The van der Waals surface area contributed by atoms with E-state index in [-0.39, 0.29) is 12.2 Å². The molecule has 0 aliphatic carbocycles. The first-order chi connectivity index (χ1) is 9.69. The Morgan fingerprint density at radius 2 is 1.90 bits per heavy atom. The summed E-state index contributed by atoms with van der Waals surface area (Å²) in [5.74, 6) is 0.245. The van der Waals surface area contributed by atoms with Crippen LogP contribution in [0.25, 0.3) is 0 Å². The highest BCUT2D eigenvalue weighted by atomic mass is 79.9. The van der Waals surface area contributed by atoms with Crippen molar-refractivity contribution in [3.05, 3.63) is 64.6 Å². The molecule has 0 N–H and O–H groups in total. The van der Waals surface area contributed by atoms with Gasteiger partial charge in [-0.1, -0.05) is 46.3 Å². The topological polar surface area (TPSA) is 43.4 Å². The van der Waals surface area contributed by atoms with E-state index in [4.69, 9.17) is 4.74 Å². The molecule has 2 aromatic carbocycles. The smallest absolute Gasteiger partial charge is 0.212 e. The molecule has 0 aliphatic heterocycles. The van der Waals surface area contributed by atoms with E-state index >= 15 is 0 Å². The SMILES string of the molecule is O=CC(Oc1ccccc1)C(=O)Cc1cccc(Br)c1. The van der Waals surface area contributed by atoms with E-state index in [9.17, 15) is 9.59 Å². The molecule has 0 heterocycles. The fourth-order valence-electron chi connectivity index (χ4n) is 1.76. The van der Waals surface area contributed by atoms with Crippen molar-refractivity contribution in [2.75, 3.05) is 0 Å². The molecule has 2 aromatic rings. The van der Waals surface area contributed by atoms with Crippen LogP contribution in [-0.4, -0.2) is 18.2 Å². The van der Waals surface area contributed by atoms with Crippen LogP contribution in [0.3, 0.4) is 0 Å². The highest BCUT2D eigenvalue weighted by Gasteiger charge is 2.19. The minimum Gasteiger partial charge on any atom is -0.475 e. The van der Waals surface area contributed by atoms with Crippen LogP contribution in [0.5, 0.6) is 5.75 Å². The number of hydrogen-bond donors (Lipinski definition) is 0. The molecule has 0 fully saturated rings. The fourth-order valence-corrected chi connectivity index (χ4v) is 2.21. The summed E-state index contributed by atoms with van der Waals surface area (Å²) < 4.78 is 6.30. The fraction of sp³-hybridized carbons (Fsp3) is 0.125. The largest absolute Gasteiger partial charge is 0.475 e. The predicted molar refractivity (Wildman–Crippen MR) is 79.8 cm³/mol. The summed E-state index contributed by atoms with van der Waals surface area (Å²) in [6.07, 6.45) is -0.375. The minimum atomic E-state index is -1.07. The van der Waals surface area contributed by atoms with Crippen molar-refractivity contribution < 1.29 is 14.3 Å². The zero-order valence-corrected chi connectivity index (χ0v) is 12.2. The zero-order chi connectivity index (χ0) is 14.4. The number of aldehydes is 1. The molecule has 0 radical (unpaired) electrons. The van der Waals surface area contributed by atoms with Crippen LogP contribution < -0.4 is 4.74 Å². The molecule has 2 rings (SSSR count). The maximum absolute atomic E-state index is 12.1. The van der Waals surface area contributed by atoms with E-state index in [1.807, 2.05) is 30.3 Å². The molecule has 0 bridgehead atoms. The Bertz CT molecular complexity index is 596. The summed E-state index contributed by atoms with van der Waals surface area (Å²) in [6.45, 7) is 0. The second-order valence-corrected chi connectivity index (χ2v) is 5.18. The standard InChI is InChI=1S/C16H13BrO3/c17-13-6-4-5-12(9-13)10-15(19)16(11-18)20-14-7-2-1-3-8-14/h1-9,11,16H,10H2. The van der Waals surface area contributed by atoms with Crippen molar-refractivity contribution in [1.82, 2.24) is 0 Å². The number of carbonyl (C=O) groups is 2. The average Bonchev–Trinajstić information content (AvgIpc) is 2.45. The summed E-state index contributed by atoms with van der Waals surface area (Å²) in [7, 11) is 0. The quantitative estimate of drug-likeness (QED) is 0.602. The Hall–Kier alpha value is -1.94. The highest BCUT2D eigenvalue weighted by molar-refractivity contribution is 9.10. The van der Waals surface area contributed by atoms with E-state index in [2.05, 4.69) is 15.9 Å². The lowest BCUT2D eigenvalue weighted by atomic mass is 10.1.